The van der Waals surface area contributed by atoms with E-state index in [-0.39, 0.29) is 18.0 Å². The van der Waals surface area contributed by atoms with Crippen LogP contribution in [0, 0.1) is 5.92 Å². The van der Waals surface area contributed by atoms with Crippen molar-refractivity contribution in [3.05, 3.63) is 18.0 Å². The summed E-state index contributed by atoms with van der Waals surface area (Å²) in [6, 6.07) is 0. The Balaban J connectivity index is 2.55. The molecule has 0 atom stereocenters. The molecule has 0 aliphatic heterocycles. The molecule has 0 saturated heterocycles. The lowest BCUT2D eigenvalue weighted by molar-refractivity contribution is -0.119. The van der Waals surface area contributed by atoms with Crippen molar-refractivity contribution in [2.45, 2.75) is 13.8 Å². The molecule has 7 heteroatoms. The standard InChI is InChI=1S/C12H18N4O3/c1-8(2)4-13-10(17)7-16(3)12-14-5-9(6-15-12)11(18)19/h5-6,8H,4,7H2,1-3H3,(H,13,17)(H,18,19). The van der Waals surface area contributed by atoms with Crippen LogP contribution >= 0.6 is 0 Å². The number of hydrogen-bond acceptors (Lipinski definition) is 5. The number of nitrogens with zero attached hydrogens (tertiary/aromatic N) is 3. The monoisotopic (exact) mass is 266 g/mol. The number of anilines is 1. The molecule has 0 spiro atoms. The average Bonchev–Trinajstić information content (AvgIpc) is 2.36. The highest BCUT2D eigenvalue weighted by molar-refractivity contribution is 5.87. The van der Waals surface area contributed by atoms with Crippen molar-refractivity contribution in [1.29, 1.82) is 0 Å². The van der Waals surface area contributed by atoms with Gasteiger partial charge in [-0.05, 0) is 5.92 Å². The van der Waals surface area contributed by atoms with Gasteiger partial charge in [-0.3, -0.25) is 4.79 Å². The number of nitrogens with one attached hydrogen (secondary N) is 1. The van der Waals surface area contributed by atoms with Gasteiger partial charge in [-0.25, -0.2) is 14.8 Å². The second kappa shape index (κ2) is 6.67. The quantitative estimate of drug-likeness (QED) is 0.773. The lowest BCUT2D eigenvalue weighted by atomic mass is 10.2. The zero-order chi connectivity index (χ0) is 14.4. The molecule has 1 amide bonds. The van der Waals surface area contributed by atoms with E-state index in [1.165, 1.54) is 12.4 Å². The summed E-state index contributed by atoms with van der Waals surface area (Å²) in [6.45, 7) is 4.76. The van der Waals surface area contributed by atoms with Gasteiger partial charge in [0.2, 0.25) is 11.9 Å². The third kappa shape index (κ3) is 4.90. The Morgan fingerprint density at radius 1 is 1.37 bits per heavy atom. The highest BCUT2D eigenvalue weighted by Gasteiger charge is 2.11. The fourth-order valence-electron chi connectivity index (χ4n) is 1.29. The molecule has 19 heavy (non-hydrogen) atoms. The topological polar surface area (TPSA) is 95.4 Å². The fraction of sp³-hybridized carbons (Fsp3) is 0.500. The molecule has 0 fully saturated rings. The van der Waals surface area contributed by atoms with Crippen LogP contribution in [0.5, 0.6) is 0 Å². The van der Waals surface area contributed by atoms with E-state index in [4.69, 9.17) is 5.11 Å². The molecule has 0 unspecified atom stereocenters. The number of likely N-dealkylation sites (N-methyl/N-ethyl adjacent to an activating group) is 1. The number of aromatic nitrogens is 2. The third-order valence-electron chi connectivity index (χ3n) is 2.31. The van der Waals surface area contributed by atoms with Gasteiger partial charge in [0.25, 0.3) is 0 Å². The zero-order valence-corrected chi connectivity index (χ0v) is 11.3. The van der Waals surface area contributed by atoms with Crippen LogP contribution in [0.2, 0.25) is 0 Å². The van der Waals surface area contributed by atoms with E-state index in [2.05, 4.69) is 15.3 Å². The summed E-state index contributed by atoms with van der Waals surface area (Å²) in [4.78, 5) is 31.6. The van der Waals surface area contributed by atoms with Gasteiger partial charge in [0, 0.05) is 26.0 Å². The summed E-state index contributed by atoms with van der Waals surface area (Å²) in [5, 5.41) is 11.5. The molecular formula is C12H18N4O3. The molecule has 0 bridgehead atoms. The molecule has 0 aromatic carbocycles. The van der Waals surface area contributed by atoms with Gasteiger partial charge < -0.3 is 15.3 Å². The first-order valence-electron chi connectivity index (χ1n) is 5.93. The number of carbonyl (C=O) groups is 2. The first kappa shape index (κ1) is 14.9. The van der Waals surface area contributed by atoms with Gasteiger partial charge in [-0.15, -0.1) is 0 Å². The number of amides is 1. The van der Waals surface area contributed by atoms with E-state index in [0.29, 0.717) is 18.4 Å². The molecular weight excluding hydrogens is 248 g/mol. The minimum absolute atomic E-state index is 0.0152. The second-order valence-electron chi connectivity index (χ2n) is 4.63. The fourth-order valence-corrected chi connectivity index (χ4v) is 1.29. The van der Waals surface area contributed by atoms with Crippen molar-refractivity contribution in [2.75, 3.05) is 25.0 Å². The van der Waals surface area contributed by atoms with E-state index >= 15 is 0 Å². The maximum absolute atomic E-state index is 11.6. The largest absolute Gasteiger partial charge is 0.478 e. The zero-order valence-electron chi connectivity index (χ0n) is 11.3. The highest BCUT2D eigenvalue weighted by atomic mass is 16.4. The van der Waals surface area contributed by atoms with Crippen molar-refractivity contribution >= 4 is 17.8 Å². The maximum atomic E-state index is 11.6. The predicted molar refractivity (Wildman–Crippen MR) is 70.1 cm³/mol. The van der Waals surface area contributed by atoms with Crippen LogP contribution in [-0.2, 0) is 4.79 Å². The summed E-state index contributed by atoms with van der Waals surface area (Å²) in [5.41, 5.74) is 0.0152. The third-order valence-corrected chi connectivity index (χ3v) is 2.31. The Morgan fingerprint density at radius 3 is 2.42 bits per heavy atom. The van der Waals surface area contributed by atoms with E-state index in [9.17, 15) is 9.59 Å². The molecule has 0 aliphatic rings. The molecule has 1 rings (SSSR count). The van der Waals surface area contributed by atoms with Crippen LogP contribution in [0.15, 0.2) is 12.4 Å². The van der Waals surface area contributed by atoms with Gasteiger partial charge in [-0.1, -0.05) is 13.8 Å². The Labute approximate surface area is 111 Å². The summed E-state index contributed by atoms with van der Waals surface area (Å²) in [5.74, 6) is -0.504. The van der Waals surface area contributed by atoms with Crippen molar-refractivity contribution < 1.29 is 14.7 Å². The number of carbonyl (C=O) groups excluding carboxylic acids is 1. The highest BCUT2D eigenvalue weighted by Crippen LogP contribution is 2.04. The van der Waals surface area contributed by atoms with E-state index in [0.717, 1.165) is 0 Å². The number of aromatic carboxylic acids is 1. The predicted octanol–water partition coefficient (Wildman–Crippen LogP) is 0.383. The number of carboxylic acid groups (broad SMARTS) is 1. The Hall–Kier alpha value is -2.18. The lowest BCUT2D eigenvalue weighted by Gasteiger charge is -2.16. The molecule has 2 N–H and O–H groups in total. The average molecular weight is 266 g/mol. The van der Waals surface area contributed by atoms with Crippen LogP contribution < -0.4 is 10.2 Å². The number of carboxylic acids is 1. The van der Waals surface area contributed by atoms with Gasteiger partial charge in [-0.2, -0.15) is 0 Å². The molecule has 1 aromatic heterocycles. The molecule has 1 aromatic rings. The van der Waals surface area contributed by atoms with Crippen LogP contribution in [0.4, 0.5) is 5.95 Å². The molecule has 7 nitrogen and oxygen atoms in total. The summed E-state index contributed by atoms with van der Waals surface area (Å²) < 4.78 is 0. The van der Waals surface area contributed by atoms with Gasteiger partial charge in [0.05, 0.1) is 12.1 Å². The van der Waals surface area contributed by atoms with Crippen LogP contribution in [0.25, 0.3) is 0 Å². The van der Waals surface area contributed by atoms with Crippen LogP contribution in [0.3, 0.4) is 0 Å². The maximum Gasteiger partial charge on any atom is 0.338 e. The first-order chi connectivity index (χ1) is 8.90. The second-order valence-corrected chi connectivity index (χ2v) is 4.63. The van der Waals surface area contributed by atoms with Crippen LogP contribution in [0.1, 0.15) is 24.2 Å². The van der Waals surface area contributed by atoms with Crippen molar-refractivity contribution in [2.24, 2.45) is 5.92 Å². The molecule has 104 valence electrons. The minimum Gasteiger partial charge on any atom is -0.478 e. The molecule has 0 aliphatic carbocycles. The number of rotatable bonds is 6. The van der Waals surface area contributed by atoms with Crippen molar-refractivity contribution in [1.82, 2.24) is 15.3 Å². The lowest BCUT2D eigenvalue weighted by Crippen LogP contribution is -2.37. The Morgan fingerprint density at radius 2 is 1.95 bits per heavy atom. The van der Waals surface area contributed by atoms with Gasteiger partial charge >= 0.3 is 5.97 Å². The van der Waals surface area contributed by atoms with Gasteiger partial charge in [0.1, 0.15) is 0 Å². The smallest absolute Gasteiger partial charge is 0.338 e. The van der Waals surface area contributed by atoms with Crippen molar-refractivity contribution in [3.8, 4) is 0 Å². The van der Waals surface area contributed by atoms with E-state index in [1.807, 2.05) is 13.8 Å². The van der Waals surface area contributed by atoms with Crippen LogP contribution in [-0.4, -0.2) is 47.1 Å². The minimum atomic E-state index is -1.08. The summed E-state index contributed by atoms with van der Waals surface area (Å²) >= 11 is 0. The Kier molecular flexibility index (Phi) is 5.23. The van der Waals surface area contributed by atoms with Gasteiger partial charge in [0.15, 0.2) is 0 Å². The Bertz CT molecular complexity index is 445. The molecule has 1 heterocycles. The molecule has 0 radical (unpaired) electrons. The summed E-state index contributed by atoms with van der Waals surface area (Å²) in [7, 11) is 1.67. The normalized spacial score (nSPS) is 10.3. The molecule has 0 saturated carbocycles. The first-order valence-corrected chi connectivity index (χ1v) is 5.93. The SMILES string of the molecule is CC(C)CNC(=O)CN(C)c1ncc(C(=O)O)cn1. The summed E-state index contributed by atoms with van der Waals surface area (Å²) in [6.07, 6.45) is 2.43. The van der Waals surface area contributed by atoms with E-state index < -0.39 is 5.97 Å². The van der Waals surface area contributed by atoms with Crippen molar-refractivity contribution in [3.63, 3.8) is 0 Å². The number of hydrogen-bond donors (Lipinski definition) is 2. The van der Waals surface area contributed by atoms with E-state index in [1.54, 1.807) is 11.9 Å².